The van der Waals surface area contributed by atoms with E-state index in [0.29, 0.717) is 18.9 Å². The molecule has 29 heavy (non-hydrogen) atoms. The lowest BCUT2D eigenvalue weighted by molar-refractivity contribution is -0.136. The highest BCUT2D eigenvalue weighted by Crippen LogP contribution is 2.47. The van der Waals surface area contributed by atoms with Crippen molar-refractivity contribution in [2.75, 3.05) is 25.2 Å². The fraction of sp³-hybridized carbons (Fsp3) is 0.545. The normalized spacial score (nSPS) is 18.0. The SMILES string of the molecule is CCCCCOc1cc2c(cc1OC)N(CCC(=O)O)C(C)C2Cn1ccnc1. The predicted octanol–water partition coefficient (Wildman–Crippen LogP) is 3.93. The molecule has 7 heteroatoms. The number of anilines is 1. The van der Waals surface area contributed by atoms with E-state index >= 15 is 0 Å². The Morgan fingerprint density at radius 3 is 2.76 bits per heavy atom. The van der Waals surface area contributed by atoms with E-state index in [1.54, 1.807) is 13.3 Å². The summed E-state index contributed by atoms with van der Waals surface area (Å²) in [5.41, 5.74) is 2.20. The summed E-state index contributed by atoms with van der Waals surface area (Å²) < 4.78 is 13.7. The van der Waals surface area contributed by atoms with Gasteiger partial charge < -0.3 is 24.0 Å². The van der Waals surface area contributed by atoms with Crippen molar-refractivity contribution in [2.45, 2.75) is 58.0 Å². The van der Waals surface area contributed by atoms with Crippen molar-refractivity contribution in [3.8, 4) is 11.5 Å². The number of carbonyl (C=O) groups is 1. The number of carboxylic acid groups (broad SMARTS) is 1. The minimum Gasteiger partial charge on any atom is -0.493 e. The van der Waals surface area contributed by atoms with Gasteiger partial charge in [-0.1, -0.05) is 19.8 Å². The van der Waals surface area contributed by atoms with Gasteiger partial charge in [-0.2, -0.15) is 0 Å². The molecule has 1 aliphatic heterocycles. The Balaban J connectivity index is 1.91. The summed E-state index contributed by atoms with van der Waals surface area (Å²) in [5.74, 6) is 0.859. The molecule has 1 aromatic carbocycles. The predicted molar refractivity (Wildman–Crippen MR) is 112 cm³/mol. The fourth-order valence-electron chi connectivity index (χ4n) is 4.03. The van der Waals surface area contributed by atoms with E-state index in [2.05, 4.69) is 34.4 Å². The third kappa shape index (κ3) is 4.83. The number of rotatable bonds is 11. The van der Waals surface area contributed by atoms with Crippen LogP contribution in [0.25, 0.3) is 0 Å². The molecule has 1 aliphatic rings. The van der Waals surface area contributed by atoms with Crippen molar-refractivity contribution in [2.24, 2.45) is 0 Å². The number of unbranched alkanes of at least 4 members (excludes halogenated alkanes) is 2. The van der Waals surface area contributed by atoms with Gasteiger partial charge in [0.15, 0.2) is 11.5 Å². The molecule has 2 atom stereocenters. The first-order valence-corrected chi connectivity index (χ1v) is 10.3. The summed E-state index contributed by atoms with van der Waals surface area (Å²) in [4.78, 5) is 17.5. The molecule has 3 rings (SSSR count). The van der Waals surface area contributed by atoms with Crippen molar-refractivity contribution in [3.63, 3.8) is 0 Å². The third-order valence-electron chi connectivity index (χ3n) is 5.63. The van der Waals surface area contributed by atoms with Gasteiger partial charge in [-0.15, -0.1) is 0 Å². The van der Waals surface area contributed by atoms with Gasteiger partial charge in [0.05, 0.1) is 26.5 Å². The second-order valence-electron chi connectivity index (χ2n) is 7.56. The second-order valence-corrected chi connectivity index (χ2v) is 7.56. The van der Waals surface area contributed by atoms with Crippen LogP contribution in [0.4, 0.5) is 5.69 Å². The topological polar surface area (TPSA) is 76.8 Å². The van der Waals surface area contributed by atoms with E-state index in [-0.39, 0.29) is 18.4 Å². The number of hydrogen-bond acceptors (Lipinski definition) is 5. The van der Waals surface area contributed by atoms with E-state index in [1.165, 1.54) is 5.56 Å². The Labute approximate surface area is 172 Å². The Bertz CT molecular complexity index is 807. The average molecular weight is 402 g/mol. The molecule has 0 bridgehead atoms. The molecule has 1 N–H and O–H groups in total. The van der Waals surface area contributed by atoms with Gasteiger partial charge in [0, 0.05) is 49.2 Å². The third-order valence-corrected chi connectivity index (χ3v) is 5.63. The maximum atomic E-state index is 11.2. The van der Waals surface area contributed by atoms with Crippen molar-refractivity contribution < 1.29 is 19.4 Å². The van der Waals surface area contributed by atoms with Gasteiger partial charge >= 0.3 is 5.97 Å². The van der Waals surface area contributed by atoms with Crippen LogP contribution in [0.1, 0.15) is 51.0 Å². The molecule has 0 spiro atoms. The van der Waals surface area contributed by atoms with Gasteiger partial charge in [-0.25, -0.2) is 4.98 Å². The van der Waals surface area contributed by atoms with Crippen molar-refractivity contribution >= 4 is 11.7 Å². The zero-order valence-corrected chi connectivity index (χ0v) is 17.5. The summed E-state index contributed by atoms with van der Waals surface area (Å²) in [6.07, 6.45) is 8.94. The lowest BCUT2D eigenvalue weighted by Gasteiger charge is -2.27. The Hall–Kier alpha value is -2.70. The molecule has 2 aromatic rings. The minimum atomic E-state index is -0.792. The summed E-state index contributed by atoms with van der Waals surface area (Å²) in [6.45, 7) is 6.22. The molecule has 2 unspecified atom stereocenters. The van der Waals surface area contributed by atoms with Gasteiger partial charge in [-0.3, -0.25) is 4.79 Å². The number of imidazole rings is 1. The second kappa shape index (κ2) is 9.67. The number of aliphatic carboxylic acids is 1. The molecule has 1 aromatic heterocycles. The van der Waals surface area contributed by atoms with Gasteiger partial charge in [0.2, 0.25) is 0 Å². The van der Waals surface area contributed by atoms with Gasteiger partial charge in [0.1, 0.15) is 0 Å². The summed E-state index contributed by atoms with van der Waals surface area (Å²) in [6, 6.07) is 4.24. The highest BCUT2D eigenvalue weighted by Gasteiger charge is 2.37. The number of fused-ring (bicyclic) bond motifs is 1. The first-order chi connectivity index (χ1) is 14.0. The highest BCUT2D eigenvalue weighted by molar-refractivity contribution is 5.71. The fourth-order valence-corrected chi connectivity index (χ4v) is 4.03. The van der Waals surface area contributed by atoms with Crippen LogP contribution in [0.5, 0.6) is 11.5 Å². The van der Waals surface area contributed by atoms with Gasteiger partial charge in [-0.05, 0) is 25.0 Å². The van der Waals surface area contributed by atoms with Crippen LogP contribution in [0.2, 0.25) is 0 Å². The first kappa shape index (κ1) is 21.0. The van der Waals surface area contributed by atoms with Crippen LogP contribution in [0.15, 0.2) is 30.9 Å². The number of aromatic nitrogens is 2. The van der Waals surface area contributed by atoms with Crippen LogP contribution < -0.4 is 14.4 Å². The van der Waals surface area contributed by atoms with Crippen molar-refractivity contribution in [1.29, 1.82) is 0 Å². The molecule has 0 amide bonds. The van der Waals surface area contributed by atoms with E-state index in [4.69, 9.17) is 9.47 Å². The largest absolute Gasteiger partial charge is 0.493 e. The van der Waals surface area contributed by atoms with Crippen LogP contribution in [-0.2, 0) is 11.3 Å². The monoisotopic (exact) mass is 401 g/mol. The quantitative estimate of drug-likeness (QED) is 0.575. The molecule has 0 saturated heterocycles. The van der Waals surface area contributed by atoms with E-state index in [1.807, 2.05) is 18.6 Å². The Morgan fingerprint density at radius 1 is 1.28 bits per heavy atom. The molecule has 158 valence electrons. The smallest absolute Gasteiger partial charge is 0.305 e. The average Bonchev–Trinajstić information content (AvgIpc) is 3.30. The Morgan fingerprint density at radius 2 is 2.10 bits per heavy atom. The van der Waals surface area contributed by atoms with Crippen LogP contribution >= 0.6 is 0 Å². The van der Waals surface area contributed by atoms with Crippen molar-refractivity contribution in [1.82, 2.24) is 9.55 Å². The summed E-state index contributed by atoms with van der Waals surface area (Å²) in [7, 11) is 1.64. The van der Waals surface area contributed by atoms with Crippen LogP contribution in [0.3, 0.4) is 0 Å². The molecular formula is C22H31N3O4. The standard InChI is InChI=1S/C22H31N3O4/c1-4-5-6-11-29-21-12-17-18(14-24-10-8-23-15-24)16(2)25(9-7-22(26)27)19(17)13-20(21)28-3/h8,10,12-13,15-16,18H,4-7,9,11,14H2,1-3H3,(H,26,27). The number of nitrogens with zero attached hydrogens (tertiary/aromatic N) is 3. The summed E-state index contributed by atoms with van der Waals surface area (Å²) in [5, 5.41) is 9.18. The Kier molecular flexibility index (Phi) is 7.01. The molecular weight excluding hydrogens is 370 g/mol. The molecule has 0 fully saturated rings. The molecule has 0 saturated carbocycles. The molecule has 7 nitrogen and oxygen atoms in total. The maximum absolute atomic E-state index is 11.2. The van der Waals surface area contributed by atoms with Crippen LogP contribution in [0, 0.1) is 0 Å². The number of ether oxygens (including phenoxy) is 2. The molecule has 0 aliphatic carbocycles. The highest BCUT2D eigenvalue weighted by atomic mass is 16.5. The van der Waals surface area contributed by atoms with Crippen LogP contribution in [-0.4, -0.2) is 46.9 Å². The van der Waals surface area contributed by atoms with E-state index in [9.17, 15) is 9.90 Å². The minimum absolute atomic E-state index is 0.0964. The summed E-state index contributed by atoms with van der Waals surface area (Å²) >= 11 is 0. The lowest BCUT2D eigenvalue weighted by Crippen LogP contribution is -2.34. The molecule has 2 heterocycles. The van der Waals surface area contributed by atoms with Crippen molar-refractivity contribution in [3.05, 3.63) is 36.4 Å². The van der Waals surface area contributed by atoms with E-state index in [0.717, 1.165) is 37.2 Å². The zero-order valence-electron chi connectivity index (χ0n) is 17.5. The number of benzene rings is 1. The number of hydrogen-bond donors (Lipinski definition) is 1. The van der Waals surface area contributed by atoms with Gasteiger partial charge in [0.25, 0.3) is 0 Å². The lowest BCUT2D eigenvalue weighted by atomic mass is 9.95. The number of methoxy groups -OCH3 is 1. The number of carboxylic acids is 1. The zero-order chi connectivity index (χ0) is 20.8. The molecule has 0 radical (unpaired) electrons. The first-order valence-electron chi connectivity index (χ1n) is 10.3. The van der Waals surface area contributed by atoms with E-state index < -0.39 is 5.97 Å². The maximum Gasteiger partial charge on any atom is 0.305 e.